The molecule has 1 aliphatic carbocycles. The molecular weight excluding hydrogens is 364 g/mol. The number of aromatic nitrogens is 2. The summed E-state index contributed by atoms with van der Waals surface area (Å²) in [7, 11) is 0. The third-order valence-corrected chi connectivity index (χ3v) is 5.60. The molecule has 29 heavy (non-hydrogen) atoms. The number of aryl methyl sites for hydroxylation is 2. The largest absolute Gasteiger partial charge is 0.391 e. The smallest absolute Gasteiger partial charge is 0.320 e. The zero-order chi connectivity index (χ0) is 20.4. The van der Waals surface area contributed by atoms with E-state index < -0.39 is 12.1 Å². The summed E-state index contributed by atoms with van der Waals surface area (Å²) in [5, 5.41) is 21.2. The van der Waals surface area contributed by atoms with E-state index in [1.807, 2.05) is 62.4 Å². The molecule has 3 aromatic rings. The van der Waals surface area contributed by atoms with Crippen LogP contribution in [-0.4, -0.2) is 27.0 Å². The summed E-state index contributed by atoms with van der Waals surface area (Å²) in [5.74, 6) is 0.627. The molecule has 0 saturated carbocycles. The SMILES string of the molecule is Cc1nn(-c2ccccc2)c(NC(=O)N[C@@H]2c3ccccc3CCC[C@H]2O)c1C. The maximum atomic E-state index is 12.9. The molecule has 4 rings (SSSR count). The number of fused-ring (bicyclic) bond motifs is 1. The molecule has 1 aromatic heterocycles. The highest BCUT2D eigenvalue weighted by Crippen LogP contribution is 2.29. The molecule has 150 valence electrons. The summed E-state index contributed by atoms with van der Waals surface area (Å²) in [6, 6.07) is 16.9. The maximum absolute atomic E-state index is 12.9. The van der Waals surface area contributed by atoms with Gasteiger partial charge in [0.1, 0.15) is 5.82 Å². The van der Waals surface area contributed by atoms with Crippen molar-refractivity contribution < 1.29 is 9.90 Å². The third kappa shape index (κ3) is 3.89. The lowest BCUT2D eigenvalue weighted by atomic mass is 9.98. The van der Waals surface area contributed by atoms with E-state index in [-0.39, 0.29) is 6.03 Å². The maximum Gasteiger partial charge on any atom is 0.320 e. The molecular formula is C23H26N4O2. The van der Waals surface area contributed by atoms with Gasteiger partial charge in [0.05, 0.1) is 23.5 Å². The van der Waals surface area contributed by atoms with E-state index in [0.717, 1.165) is 35.3 Å². The van der Waals surface area contributed by atoms with Crippen LogP contribution >= 0.6 is 0 Å². The fourth-order valence-electron chi connectivity index (χ4n) is 3.91. The predicted octanol–water partition coefficient (Wildman–Crippen LogP) is 4.05. The number of para-hydroxylation sites is 1. The highest BCUT2D eigenvalue weighted by Gasteiger charge is 2.28. The average Bonchev–Trinajstić information content (AvgIpc) is 2.91. The lowest BCUT2D eigenvalue weighted by Gasteiger charge is -2.24. The number of nitrogens with zero attached hydrogens (tertiary/aromatic N) is 2. The van der Waals surface area contributed by atoms with Crippen LogP contribution in [0.4, 0.5) is 10.6 Å². The minimum absolute atomic E-state index is 0.356. The van der Waals surface area contributed by atoms with Crippen LogP contribution in [0.25, 0.3) is 5.69 Å². The second kappa shape index (κ2) is 8.09. The Labute approximate surface area is 170 Å². The van der Waals surface area contributed by atoms with E-state index in [1.165, 1.54) is 5.56 Å². The Bertz CT molecular complexity index is 1010. The molecule has 0 aliphatic heterocycles. The lowest BCUT2D eigenvalue weighted by molar-refractivity contribution is 0.123. The third-order valence-electron chi connectivity index (χ3n) is 5.60. The first kappa shape index (κ1) is 19.2. The number of rotatable bonds is 3. The van der Waals surface area contributed by atoms with Crippen molar-refractivity contribution in [3.05, 3.63) is 77.0 Å². The number of carbonyl (C=O) groups excluding carboxylic acids is 1. The summed E-state index contributed by atoms with van der Waals surface area (Å²) < 4.78 is 1.74. The van der Waals surface area contributed by atoms with Crippen molar-refractivity contribution in [1.82, 2.24) is 15.1 Å². The fourth-order valence-corrected chi connectivity index (χ4v) is 3.91. The van der Waals surface area contributed by atoms with Gasteiger partial charge in [-0.15, -0.1) is 0 Å². The summed E-state index contributed by atoms with van der Waals surface area (Å²) >= 11 is 0. The van der Waals surface area contributed by atoms with Gasteiger partial charge in [0.25, 0.3) is 0 Å². The van der Waals surface area contributed by atoms with Crippen LogP contribution in [0.15, 0.2) is 54.6 Å². The van der Waals surface area contributed by atoms with Crippen molar-refractivity contribution in [1.29, 1.82) is 0 Å². The lowest BCUT2D eigenvalue weighted by Crippen LogP contribution is -2.39. The fraction of sp³-hybridized carbons (Fsp3) is 0.304. The molecule has 0 unspecified atom stereocenters. The van der Waals surface area contributed by atoms with Crippen LogP contribution in [0.2, 0.25) is 0 Å². The summed E-state index contributed by atoms with van der Waals surface area (Å²) in [6.07, 6.45) is 1.84. The molecule has 2 atom stereocenters. The molecule has 3 N–H and O–H groups in total. The molecule has 2 aromatic carbocycles. The number of amides is 2. The van der Waals surface area contributed by atoms with Gasteiger partial charge in [0, 0.05) is 5.56 Å². The Kier molecular flexibility index (Phi) is 5.36. The summed E-state index contributed by atoms with van der Waals surface area (Å²) in [6.45, 7) is 3.86. The summed E-state index contributed by atoms with van der Waals surface area (Å²) in [4.78, 5) is 12.9. The van der Waals surface area contributed by atoms with Crippen molar-refractivity contribution >= 4 is 11.8 Å². The highest BCUT2D eigenvalue weighted by atomic mass is 16.3. The van der Waals surface area contributed by atoms with Gasteiger partial charge >= 0.3 is 6.03 Å². The normalized spacial score (nSPS) is 18.6. The molecule has 0 radical (unpaired) electrons. The van der Waals surface area contributed by atoms with Crippen molar-refractivity contribution in [2.45, 2.75) is 45.3 Å². The van der Waals surface area contributed by atoms with Crippen LogP contribution in [-0.2, 0) is 6.42 Å². The number of hydrogen-bond acceptors (Lipinski definition) is 3. The van der Waals surface area contributed by atoms with E-state index in [0.29, 0.717) is 12.2 Å². The number of anilines is 1. The zero-order valence-electron chi connectivity index (χ0n) is 16.7. The first-order chi connectivity index (χ1) is 14.0. The standard InChI is InChI=1S/C23H26N4O2/c1-15-16(2)26-27(18-11-4-3-5-12-18)22(15)25-23(29)24-21-19-13-7-6-9-17(19)10-8-14-20(21)28/h3-7,9,11-13,20-21,28H,8,10,14H2,1-2H3,(H2,24,25,29)/t20-,21-/m1/s1. The quantitative estimate of drug-likeness (QED) is 0.590. The monoisotopic (exact) mass is 390 g/mol. The first-order valence-corrected chi connectivity index (χ1v) is 9.99. The Morgan fingerprint density at radius 3 is 2.62 bits per heavy atom. The van der Waals surface area contributed by atoms with Gasteiger partial charge in [-0.1, -0.05) is 42.5 Å². The molecule has 0 bridgehead atoms. The number of aliphatic hydroxyl groups excluding tert-OH is 1. The van der Waals surface area contributed by atoms with Crippen LogP contribution < -0.4 is 10.6 Å². The number of benzene rings is 2. The molecule has 2 amide bonds. The minimum atomic E-state index is -0.619. The van der Waals surface area contributed by atoms with Gasteiger partial charge < -0.3 is 10.4 Å². The van der Waals surface area contributed by atoms with Gasteiger partial charge in [-0.05, 0) is 56.4 Å². The van der Waals surface area contributed by atoms with Crippen LogP contribution in [0.5, 0.6) is 0 Å². The van der Waals surface area contributed by atoms with E-state index in [1.54, 1.807) is 4.68 Å². The van der Waals surface area contributed by atoms with E-state index in [9.17, 15) is 9.90 Å². The van der Waals surface area contributed by atoms with Gasteiger partial charge in [0.2, 0.25) is 0 Å². The number of urea groups is 1. The highest BCUT2D eigenvalue weighted by molar-refractivity contribution is 5.90. The first-order valence-electron chi connectivity index (χ1n) is 9.99. The van der Waals surface area contributed by atoms with E-state index in [4.69, 9.17) is 0 Å². The van der Waals surface area contributed by atoms with Gasteiger partial charge in [-0.2, -0.15) is 5.10 Å². The van der Waals surface area contributed by atoms with Crippen LogP contribution in [0, 0.1) is 13.8 Å². The minimum Gasteiger partial charge on any atom is -0.391 e. The van der Waals surface area contributed by atoms with Crippen LogP contribution in [0.1, 0.15) is 41.3 Å². The zero-order valence-corrected chi connectivity index (χ0v) is 16.7. The van der Waals surface area contributed by atoms with Crippen molar-refractivity contribution in [3.8, 4) is 5.69 Å². The van der Waals surface area contributed by atoms with E-state index >= 15 is 0 Å². The second-order valence-corrected chi connectivity index (χ2v) is 7.54. The van der Waals surface area contributed by atoms with Crippen LogP contribution in [0.3, 0.4) is 0 Å². The number of nitrogens with one attached hydrogen (secondary N) is 2. The number of aliphatic hydroxyl groups is 1. The topological polar surface area (TPSA) is 79.2 Å². The second-order valence-electron chi connectivity index (χ2n) is 7.54. The average molecular weight is 390 g/mol. The molecule has 1 heterocycles. The molecule has 0 spiro atoms. The molecule has 6 heteroatoms. The number of carbonyl (C=O) groups is 1. The van der Waals surface area contributed by atoms with Crippen molar-refractivity contribution in [2.24, 2.45) is 0 Å². The van der Waals surface area contributed by atoms with Crippen molar-refractivity contribution in [3.63, 3.8) is 0 Å². The predicted molar refractivity (Wildman–Crippen MR) is 113 cm³/mol. The summed E-state index contributed by atoms with van der Waals surface area (Å²) in [5.41, 5.74) is 4.79. The molecule has 6 nitrogen and oxygen atoms in total. The van der Waals surface area contributed by atoms with Gasteiger partial charge in [-0.3, -0.25) is 5.32 Å². The van der Waals surface area contributed by atoms with Crippen molar-refractivity contribution in [2.75, 3.05) is 5.32 Å². The van der Waals surface area contributed by atoms with Gasteiger partial charge in [0.15, 0.2) is 0 Å². The molecule has 1 aliphatic rings. The Hall–Kier alpha value is -3.12. The van der Waals surface area contributed by atoms with E-state index in [2.05, 4.69) is 21.8 Å². The Morgan fingerprint density at radius 2 is 1.83 bits per heavy atom. The Morgan fingerprint density at radius 1 is 1.10 bits per heavy atom. The molecule has 0 fully saturated rings. The van der Waals surface area contributed by atoms with Gasteiger partial charge in [-0.25, -0.2) is 9.48 Å². The Balaban J connectivity index is 1.60. The number of hydrogen-bond donors (Lipinski definition) is 3. The molecule has 0 saturated heterocycles.